The molecule has 2 bridgehead atoms. The zero-order chi connectivity index (χ0) is 12.0. The molecule has 0 aliphatic carbocycles. The van der Waals surface area contributed by atoms with Gasteiger partial charge in [-0.1, -0.05) is 6.07 Å². The number of hydrogen-bond acceptors (Lipinski definition) is 3. The number of nitrogens with zero attached hydrogens (tertiary/aromatic N) is 1. The zero-order valence-electron chi connectivity index (χ0n) is 9.93. The van der Waals surface area contributed by atoms with E-state index in [4.69, 9.17) is 0 Å². The summed E-state index contributed by atoms with van der Waals surface area (Å²) in [4.78, 5) is 4.25. The van der Waals surface area contributed by atoms with Crippen molar-refractivity contribution >= 4 is 10.8 Å². The first-order valence-electron chi connectivity index (χ1n) is 6.13. The quantitative estimate of drug-likeness (QED) is 0.825. The van der Waals surface area contributed by atoms with Gasteiger partial charge in [-0.2, -0.15) is 0 Å². The van der Waals surface area contributed by atoms with Crippen molar-refractivity contribution in [3.8, 4) is 0 Å². The Kier molecular flexibility index (Phi) is 2.60. The minimum absolute atomic E-state index is 0.181. The van der Waals surface area contributed by atoms with Gasteiger partial charge in [-0.15, -0.1) is 0 Å². The van der Waals surface area contributed by atoms with Gasteiger partial charge in [0.2, 0.25) is 0 Å². The lowest BCUT2D eigenvalue weighted by atomic mass is 9.87. The molecule has 92 valence electrons. The monoisotopic (exact) mass is 251 g/mol. The van der Waals surface area contributed by atoms with Crippen molar-refractivity contribution in [2.45, 2.75) is 48.7 Å². The third kappa shape index (κ3) is 1.83. The predicted molar refractivity (Wildman–Crippen MR) is 67.1 cm³/mol. The molecule has 0 aromatic carbocycles. The van der Waals surface area contributed by atoms with Gasteiger partial charge >= 0.3 is 0 Å². The van der Waals surface area contributed by atoms with Gasteiger partial charge in [0.25, 0.3) is 0 Å². The molecule has 2 unspecified atom stereocenters. The fraction of sp³-hybridized carbons (Fsp3) is 0.615. The maximum absolute atomic E-state index is 11.9. The van der Waals surface area contributed by atoms with Crippen molar-refractivity contribution in [3.63, 3.8) is 0 Å². The third-order valence-electron chi connectivity index (χ3n) is 4.05. The van der Waals surface area contributed by atoms with Crippen LogP contribution in [-0.4, -0.2) is 24.8 Å². The molecule has 2 aliphatic rings. The fourth-order valence-electron chi connectivity index (χ4n) is 3.06. The maximum Gasteiger partial charge on any atom is 0.0934 e. The Bertz CT molecular complexity index is 441. The van der Waals surface area contributed by atoms with Crippen molar-refractivity contribution in [1.82, 2.24) is 4.98 Å². The molecule has 1 aromatic rings. The van der Waals surface area contributed by atoms with Crippen LogP contribution in [0.15, 0.2) is 18.3 Å². The summed E-state index contributed by atoms with van der Waals surface area (Å²) in [5.41, 5.74) is 1.04. The summed E-state index contributed by atoms with van der Waals surface area (Å²) in [7, 11) is -0.724. The minimum Gasteiger partial charge on any atom is -0.385 e. The van der Waals surface area contributed by atoms with Crippen LogP contribution in [0.25, 0.3) is 0 Å². The summed E-state index contributed by atoms with van der Waals surface area (Å²) in [6.07, 6.45) is 5.02. The largest absolute Gasteiger partial charge is 0.385 e. The third-order valence-corrected chi connectivity index (χ3v) is 6.17. The topological polar surface area (TPSA) is 50.2 Å². The van der Waals surface area contributed by atoms with Crippen LogP contribution in [0.4, 0.5) is 0 Å². The first-order chi connectivity index (χ1) is 8.08. The smallest absolute Gasteiger partial charge is 0.0934 e. The van der Waals surface area contributed by atoms with E-state index in [1.165, 1.54) is 0 Å². The summed E-state index contributed by atoms with van der Waals surface area (Å²) in [5, 5.41) is 11.1. The van der Waals surface area contributed by atoms with Gasteiger partial charge in [-0.3, -0.25) is 9.19 Å². The van der Waals surface area contributed by atoms with Crippen LogP contribution in [0, 0.1) is 6.92 Å². The maximum atomic E-state index is 11.9. The Morgan fingerprint density at radius 2 is 2.00 bits per heavy atom. The van der Waals surface area contributed by atoms with E-state index in [9.17, 15) is 9.32 Å². The van der Waals surface area contributed by atoms with Crippen LogP contribution in [-0.2, 0) is 16.4 Å². The molecule has 0 amide bonds. The second kappa shape index (κ2) is 3.89. The summed E-state index contributed by atoms with van der Waals surface area (Å²) >= 11 is 0. The number of fused-ring (bicyclic) bond motifs is 2. The predicted octanol–water partition coefficient (Wildman–Crippen LogP) is 1.65. The van der Waals surface area contributed by atoms with Gasteiger partial charge in [0.15, 0.2) is 0 Å². The van der Waals surface area contributed by atoms with E-state index in [0.717, 1.165) is 24.1 Å². The molecule has 3 heterocycles. The molecule has 17 heavy (non-hydrogen) atoms. The number of aryl methyl sites for hydroxylation is 1. The molecule has 1 aromatic heterocycles. The Morgan fingerprint density at radius 3 is 2.53 bits per heavy atom. The summed E-state index contributed by atoms with van der Waals surface area (Å²) in [6.45, 7) is 1.94. The molecule has 2 saturated heterocycles. The SMILES string of the molecule is Cc1ccc(C2(O)CC3CCC(C2)S3=O)cn1. The summed E-state index contributed by atoms with van der Waals surface area (Å²) in [6, 6.07) is 3.89. The highest BCUT2D eigenvalue weighted by atomic mass is 32.2. The molecule has 2 aliphatic heterocycles. The number of pyridine rings is 1. The second-order valence-electron chi connectivity index (χ2n) is 5.28. The molecule has 0 radical (unpaired) electrons. The number of aliphatic hydroxyl groups is 1. The van der Waals surface area contributed by atoms with Crippen molar-refractivity contribution < 1.29 is 9.32 Å². The highest BCUT2D eigenvalue weighted by molar-refractivity contribution is 7.86. The lowest BCUT2D eigenvalue weighted by Crippen LogP contribution is -2.40. The van der Waals surface area contributed by atoms with Gasteiger partial charge in [0.1, 0.15) is 0 Å². The molecule has 0 spiro atoms. The van der Waals surface area contributed by atoms with Crippen molar-refractivity contribution in [1.29, 1.82) is 0 Å². The van der Waals surface area contributed by atoms with Gasteiger partial charge < -0.3 is 5.11 Å². The van der Waals surface area contributed by atoms with Crippen molar-refractivity contribution in [2.75, 3.05) is 0 Å². The lowest BCUT2D eigenvalue weighted by molar-refractivity contribution is 0.0181. The Balaban J connectivity index is 1.92. The molecule has 2 atom stereocenters. The lowest BCUT2D eigenvalue weighted by Gasteiger charge is -2.36. The van der Waals surface area contributed by atoms with Crippen LogP contribution in [0.2, 0.25) is 0 Å². The normalized spacial score (nSPS) is 40.5. The van der Waals surface area contributed by atoms with E-state index >= 15 is 0 Å². The van der Waals surface area contributed by atoms with Gasteiger partial charge in [-0.25, -0.2) is 0 Å². The number of rotatable bonds is 1. The molecule has 3 rings (SSSR count). The van der Waals surface area contributed by atoms with Crippen LogP contribution >= 0.6 is 0 Å². The minimum atomic E-state index is -0.805. The molecule has 2 fully saturated rings. The molecule has 4 heteroatoms. The second-order valence-corrected chi connectivity index (χ2v) is 7.27. The standard InChI is InChI=1S/C13H17NO2S/c1-9-2-3-10(8-14-9)13(15)6-11-4-5-12(7-13)17(11)16/h2-3,8,11-12,15H,4-7H2,1H3. The highest BCUT2D eigenvalue weighted by Crippen LogP contribution is 2.45. The highest BCUT2D eigenvalue weighted by Gasteiger charge is 2.48. The molecule has 1 N–H and O–H groups in total. The van der Waals surface area contributed by atoms with Crippen LogP contribution < -0.4 is 0 Å². The van der Waals surface area contributed by atoms with Gasteiger partial charge in [-0.05, 0) is 38.7 Å². The average Bonchev–Trinajstić information content (AvgIpc) is 2.53. The Labute approximate surface area is 104 Å². The van der Waals surface area contributed by atoms with Crippen LogP contribution in [0.1, 0.15) is 36.9 Å². The van der Waals surface area contributed by atoms with E-state index < -0.39 is 16.4 Å². The van der Waals surface area contributed by atoms with E-state index in [0.29, 0.717) is 12.8 Å². The summed E-state index contributed by atoms with van der Waals surface area (Å²) in [5.74, 6) is 0. The summed E-state index contributed by atoms with van der Waals surface area (Å²) < 4.78 is 11.9. The molecular weight excluding hydrogens is 234 g/mol. The molecular formula is C13H17NO2S. The van der Waals surface area contributed by atoms with Gasteiger partial charge in [0, 0.05) is 38.8 Å². The van der Waals surface area contributed by atoms with Crippen LogP contribution in [0.3, 0.4) is 0 Å². The average molecular weight is 251 g/mol. The van der Waals surface area contributed by atoms with E-state index in [2.05, 4.69) is 4.98 Å². The molecule has 0 saturated carbocycles. The fourth-order valence-corrected chi connectivity index (χ4v) is 5.22. The van der Waals surface area contributed by atoms with Crippen molar-refractivity contribution in [3.05, 3.63) is 29.6 Å². The Morgan fingerprint density at radius 1 is 1.35 bits per heavy atom. The first kappa shape index (κ1) is 11.4. The van der Waals surface area contributed by atoms with Crippen molar-refractivity contribution in [2.24, 2.45) is 0 Å². The number of aromatic nitrogens is 1. The van der Waals surface area contributed by atoms with Crippen LogP contribution in [0.5, 0.6) is 0 Å². The van der Waals surface area contributed by atoms with Gasteiger partial charge in [0.05, 0.1) is 5.60 Å². The number of hydrogen-bond donors (Lipinski definition) is 1. The van der Waals surface area contributed by atoms with E-state index in [1.54, 1.807) is 6.20 Å². The molecule has 3 nitrogen and oxygen atoms in total. The van der Waals surface area contributed by atoms with E-state index in [1.807, 2.05) is 19.1 Å². The van der Waals surface area contributed by atoms with E-state index in [-0.39, 0.29) is 10.5 Å². The Hall–Kier alpha value is -0.740. The zero-order valence-corrected chi connectivity index (χ0v) is 10.7. The first-order valence-corrected chi connectivity index (χ1v) is 7.41.